The van der Waals surface area contributed by atoms with Gasteiger partial charge < -0.3 is 4.74 Å². The molecule has 0 unspecified atom stereocenters. The fourth-order valence-corrected chi connectivity index (χ4v) is 2.13. The Balaban J connectivity index is 1.88. The van der Waals surface area contributed by atoms with Gasteiger partial charge in [0.05, 0.1) is 11.3 Å². The molecular formula is C15H10BrN3O2. The van der Waals surface area contributed by atoms with Crippen molar-refractivity contribution in [2.45, 2.75) is 0 Å². The maximum absolute atomic E-state index is 11.0. The van der Waals surface area contributed by atoms with E-state index >= 15 is 0 Å². The zero-order chi connectivity index (χ0) is 14.7. The molecule has 0 spiro atoms. The van der Waals surface area contributed by atoms with Gasteiger partial charge in [-0.3, -0.25) is 4.79 Å². The Bertz CT molecular complexity index is 772. The number of carbonyl (C=O) groups is 1. The first-order chi connectivity index (χ1) is 10.3. The predicted octanol–water partition coefficient (Wildman–Crippen LogP) is 3.63. The molecule has 0 amide bonds. The smallest absolute Gasteiger partial charge is 0.341 e. The van der Waals surface area contributed by atoms with E-state index in [-0.39, 0.29) is 6.01 Å². The van der Waals surface area contributed by atoms with E-state index in [2.05, 4.69) is 26.0 Å². The number of halogens is 1. The van der Waals surface area contributed by atoms with Crippen LogP contribution in [0.4, 0.5) is 0 Å². The first kappa shape index (κ1) is 13.5. The van der Waals surface area contributed by atoms with Crippen molar-refractivity contribution in [2.75, 3.05) is 0 Å². The zero-order valence-corrected chi connectivity index (χ0v) is 12.4. The summed E-state index contributed by atoms with van der Waals surface area (Å²) in [6, 6.07) is 14.9. The molecule has 0 N–H and O–H groups in total. The standard InChI is InChI=1S/C15H10BrN3O2/c16-12-7-6-11(9-20)14(8-12)21-15-17-10-19(18-15)13-4-2-1-3-5-13/h1-10H. The van der Waals surface area contributed by atoms with Crippen LogP contribution in [0.2, 0.25) is 0 Å². The van der Waals surface area contributed by atoms with E-state index in [1.54, 1.807) is 29.2 Å². The maximum atomic E-state index is 11.0. The average Bonchev–Trinajstić information content (AvgIpc) is 2.97. The Hall–Kier alpha value is -2.47. The van der Waals surface area contributed by atoms with Gasteiger partial charge in [-0.2, -0.15) is 4.98 Å². The van der Waals surface area contributed by atoms with Crippen LogP contribution in [0, 0.1) is 0 Å². The molecule has 3 aromatic rings. The van der Waals surface area contributed by atoms with Crippen LogP contribution >= 0.6 is 15.9 Å². The van der Waals surface area contributed by atoms with Gasteiger partial charge in [0.1, 0.15) is 12.1 Å². The number of aldehydes is 1. The fraction of sp³-hybridized carbons (Fsp3) is 0. The first-order valence-electron chi connectivity index (χ1n) is 6.16. The molecular weight excluding hydrogens is 334 g/mol. The fourth-order valence-electron chi connectivity index (χ4n) is 1.79. The number of hydrogen-bond donors (Lipinski definition) is 0. The van der Waals surface area contributed by atoms with Crippen molar-refractivity contribution in [3.05, 3.63) is 64.9 Å². The minimum Gasteiger partial charge on any atom is -0.422 e. The van der Waals surface area contributed by atoms with E-state index in [0.29, 0.717) is 11.3 Å². The molecule has 0 saturated heterocycles. The van der Waals surface area contributed by atoms with Gasteiger partial charge in [0.25, 0.3) is 0 Å². The van der Waals surface area contributed by atoms with Crippen molar-refractivity contribution >= 4 is 22.2 Å². The van der Waals surface area contributed by atoms with Crippen LogP contribution in [0.15, 0.2) is 59.3 Å². The SMILES string of the molecule is O=Cc1ccc(Br)cc1Oc1ncn(-c2ccccc2)n1. The molecule has 1 aromatic heterocycles. The largest absolute Gasteiger partial charge is 0.422 e. The number of aromatic nitrogens is 3. The van der Waals surface area contributed by atoms with Gasteiger partial charge >= 0.3 is 6.01 Å². The average molecular weight is 344 g/mol. The summed E-state index contributed by atoms with van der Waals surface area (Å²) in [5, 5.41) is 4.23. The Morgan fingerprint density at radius 2 is 1.95 bits per heavy atom. The van der Waals surface area contributed by atoms with Crippen LogP contribution in [-0.2, 0) is 0 Å². The van der Waals surface area contributed by atoms with Crippen LogP contribution in [-0.4, -0.2) is 21.1 Å². The molecule has 5 nitrogen and oxygen atoms in total. The number of hydrogen-bond acceptors (Lipinski definition) is 4. The molecule has 2 aromatic carbocycles. The highest BCUT2D eigenvalue weighted by Gasteiger charge is 2.09. The van der Waals surface area contributed by atoms with Crippen molar-refractivity contribution in [3.63, 3.8) is 0 Å². The highest BCUT2D eigenvalue weighted by Crippen LogP contribution is 2.26. The van der Waals surface area contributed by atoms with Crippen LogP contribution in [0.1, 0.15) is 10.4 Å². The van der Waals surface area contributed by atoms with Gasteiger partial charge in [-0.05, 0) is 30.3 Å². The van der Waals surface area contributed by atoms with Crippen molar-refractivity contribution in [1.82, 2.24) is 14.8 Å². The number of benzene rings is 2. The Kier molecular flexibility index (Phi) is 3.79. The lowest BCUT2D eigenvalue weighted by molar-refractivity contribution is 0.112. The molecule has 0 fully saturated rings. The van der Waals surface area contributed by atoms with Crippen molar-refractivity contribution in [1.29, 1.82) is 0 Å². The summed E-state index contributed by atoms with van der Waals surface area (Å²) in [6.07, 6.45) is 2.29. The molecule has 6 heteroatoms. The summed E-state index contributed by atoms with van der Waals surface area (Å²) < 4.78 is 7.99. The van der Waals surface area contributed by atoms with Gasteiger partial charge in [0, 0.05) is 4.47 Å². The highest BCUT2D eigenvalue weighted by atomic mass is 79.9. The van der Waals surface area contributed by atoms with E-state index in [0.717, 1.165) is 16.4 Å². The van der Waals surface area contributed by atoms with Crippen molar-refractivity contribution in [2.24, 2.45) is 0 Å². The van der Waals surface area contributed by atoms with Gasteiger partial charge in [-0.1, -0.05) is 34.1 Å². The van der Waals surface area contributed by atoms with Crippen molar-refractivity contribution in [3.8, 4) is 17.4 Å². The van der Waals surface area contributed by atoms with Crippen LogP contribution in [0.5, 0.6) is 11.8 Å². The molecule has 0 aliphatic rings. The summed E-state index contributed by atoms with van der Waals surface area (Å²) >= 11 is 3.34. The quantitative estimate of drug-likeness (QED) is 0.678. The second-order valence-corrected chi connectivity index (χ2v) is 5.12. The molecule has 3 rings (SSSR count). The lowest BCUT2D eigenvalue weighted by Gasteiger charge is -2.04. The molecule has 0 bridgehead atoms. The summed E-state index contributed by atoms with van der Waals surface area (Å²) in [5.74, 6) is 0.408. The molecule has 21 heavy (non-hydrogen) atoms. The Labute approximate surface area is 129 Å². The minimum absolute atomic E-state index is 0.181. The normalized spacial score (nSPS) is 10.3. The lowest BCUT2D eigenvalue weighted by atomic mass is 10.2. The van der Waals surface area contributed by atoms with Gasteiger partial charge in [-0.15, -0.1) is 5.10 Å². The minimum atomic E-state index is 0.181. The molecule has 0 aliphatic heterocycles. The van der Waals surface area contributed by atoms with E-state index in [1.807, 2.05) is 30.3 Å². The number of para-hydroxylation sites is 1. The summed E-state index contributed by atoms with van der Waals surface area (Å²) in [7, 11) is 0. The van der Waals surface area contributed by atoms with E-state index in [4.69, 9.17) is 4.74 Å². The van der Waals surface area contributed by atoms with E-state index < -0.39 is 0 Å². The monoisotopic (exact) mass is 343 g/mol. The second-order valence-electron chi connectivity index (χ2n) is 4.21. The zero-order valence-electron chi connectivity index (χ0n) is 10.8. The van der Waals surface area contributed by atoms with Gasteiger partial charge in [-0.25, -0.2) is 4.68 Å². The van der Waals surface area contributed by atoms with Gasteiger partial charge in [0.15, 0.2) is 6.29 Å². The van der Waals surface area contributed by atoms with Gasteiger partial charge in [0.2, 0.25) is 0 Å². The lowest BCUT2D eigenvalue weighted by Crippen LogP contribution is -1.96. The molecule has 0 aliphatic carbocycles. The Morgan fingerprint density at radius 1 is 1.14 bits per heavy atom. The number of nitrogens with zero attached hydrogens (tertiary/aromatic N) is 3. The van der Waals surface area contributed by atoms with Crippen molar-refractivity contribution < 1.29 is 9.53 Å². The molecule has 1 heterocycles. The molecule has 0 radical (unpaired) electrons. The van der Waals surface area contributed by atoms with E-state index in [1.165, 1.54) is 0 Å². The Morgan fingerprint density at radius 3 is 2.71 bits per heavy atom. The number of rotatable bonds is 4. The number of carbonyl (C=O) groups excluding carboxylic acids is 1. The molecule has 104 valence electrons. The highest BCUT2D eigenvalue weighted by molar-refractivity contribution is 9.10. The number of ether oxygens (including phenoxy) is 1. The third-order valence-corrected chi connectivity index (χ3v) is 3.29. The van der Waals surface area contributed by atoms with Crippen LogP contribution in [0.3, 0.4) is 0 Å². The summed E-state index contributed by atoms with van der Waals surface area (Å²) in [5.41, 5.74) is 1.32. The predicted molar refractivity (Wildman–Crippen MR) is 81.0 cm³/mol. The molecule has 0 saturated carbocycles. The summed E-state index contributed by atoms with van der Waals surface area (Å²) in [4.78, 5) is 15.1. The van der Waals surface area contributed by atoms with E-state index in [9.17, 15) is 4.79 Å². The van der Waals surface area contributed by atoms with Crippen LogP contribution < -0.4 is 4.74 Å². The van der Waals surface area contributed by atoms with Crippen LogP contribution in [0.25, 0.3) is 5.69 Å². The first-order valence-corrected chi connectivity index (χ1v) is 6.95. The third kappa shape index (κ3) is 3.00. The summed E-state index contributed by atoms with van der Waals surface area (Å²) in [6.45, 7) is 0. The third-order valence-electron chi connectivity index (χ3n) is 2.80. The maximum Gasteiger partial charge on any atom is 0.341 e. The molecule has 0 atom stereocenters. The topological polar surface area (TPSA) is 57.0 Å². The second kappa shape index (κ2) is 5.88.